The Kier molecular flexibility index (Phi) is 3.94. The van der Waals surface area contributed by atoms with Crippen LogP contribution >= 0.6 is 15.9 Å². The van der Waals surface area contributed by atoms with Gasteiger partial charge in [0.05, 0.1) is 23.7 Å². The minimum atomic E-state index is 0.204. The Morgan fingerprint density at radius 2 is 1.77 bits per heavy atom. The number of nitrogens with zero attached hydrogens (tertiary/aromatic N) is 4. The van der Waals surface area contributed by atoms with Gasteiger partial charge in [-0.3, -0.25) is 0 Å². The van der Waals surface area contributed by atoms with E-state index in [-0.39, 0.29) is 6.10 Å². The van der Waals surface area contributed by atoms with E-state index in [4.69, 9.17) is 19.7 Å². The molecule has 1 saturated heterocycles. The lowest BCUT2D eigenvalue weighted by atomic mass is 10.2. The molecular formula is C20H17BrN4O. The molecule has 2 aromatic heterocycles. The molecule has 0 radical (unpaired) electrons. The van der Waals surface area contributed by atoms with Crippen LogP contribution in [-0.4, -0.2) is 32.2 Å². The molecule has 5 rings (SSSR count). The van der Waals surface area contributed by atoms with Crippen LogP contribution in [0.5, 0.6) is 0 Å². The van der Waals surface area contributed by atoms with Crippen LogP contribution in [0.4, 0.5) is 0 Å². The maximum absolute atomic E-state index is 5.87. The number of fused-ring (bicyclic) bond motifs is 2. The van der Waals surface area contributed by atoms with Crippen LogP contribution in [0, 0.1) is 0 Å². The summed E-state index contributed by atoms with van der Waals surface area (Å²) in [5, 5.41) is 0. The van der Waals surface area contributed by atoms with Gasteiger partial charge in [-0.15, -0.1) is 0 Å². The van der Waals surface area contributed by atoms with Gasteiger partial charge in [0.2, 0.25) is 0 Å². The first kappa shape index (κ1) is 15.9. The van der Waals surface area contributed by atoms with E-state index in [2.05, 4.69) is 32.6 Å². The maximum Gasteiger partial charge on any atom is 0.198 e. The summed E-state index contributed by atoms with van der Waals surface area (Å²) in [6.45, 7) is 1.58. The maximum atomic E-state index is 5.87. The van der Waals surface area contributed by atoms with Crippen molar-refractivity contribution in [1.82, 2.24) is 19.5 Å². The molecule has 0 saturated carbocycles. The van der Waals surface area contributed by atoms with Gasteiger partial charge in [-0.1, -0.05) is 40.2 Å². The topological polar surface area (TPSA) is 52.8 Å². The van der Waals surface area contributed by atoms with E-state index >= 15 is 0 Å². The number of hydrogen-bond acceptors (Lipinski definition) is 4. The summed E-state index contributed by atoms with van der Waals surface area (Å²) in [7, 11) is 0. The molecule has 2 aromatic carbocycles. The fourth-order valence-electron chi connectivity index (χ4n) is 3.48. The summed E-state index contributed by atoms with van der Waals surface area (Å²) in [5.74, 6) is 0.887. The van der Waals surface area contributed by atoms with Crippen LogP contribution < -0.4 is 0 Å². The lowest BCUT2D eigenvalue weighted by molar-refractivity contribution is 0.0981. The van der Waals surface area contributed by atoms with E-state index in [1.165, 1.54) is 0 Å². The number of halogens is 1. The summed E-state index contributed by atoms with van der Waals surface area (Å²) in [5.41, 5.74) is 4.30. The van der Waals surface area contributed by atoms with Gasteiger partial charge in [0, 0.05) is 16.6 Å². The molecule has 0 amide bonds. The van der Waals surface area contributed by atoms with Gasteiger partial charge >= 0.3 is 0 Å². The van der Waals surface area contributed by atoms with Crippen molar-refractivity contribution < 1.29 is 4.74 Å². The molecule has 3 heterocycles. The van der Waals surface area contributed by atoms with Crippen LogP contribution in [0.25, 0.3) is 33.7 Å². The highest BCUT2D eigenvalue weighted by atomic mass is 79.9. The number of hydrogen-bond donors (Lipinski definition) is 0. The SMILES string of the molecule is Brc1ccc(-c2nc3nc4ccccc4nc3n2CC2CCCO2)cc1. The van der Waals surface area contributed by atoms with Crippen molar-refractivity contribution in [3.05, 3.63) is 53.0 Å². The molecule has 5 nitrogen and oxygen atoms in total. The molecule has 1 unspecified atom stereocenters. The number of para-hydroxylation sites is 2. The number of ether oxygens (including phenoxy) is 1. The van der Waals surface area contributed by atoms with Gasteiger partial charge in [-0.25, -0.2) is 15.0 Å². The number of benzene rings is 2. The Labute approximate surface area is 159 Å². The second-order valence-electron chi connectivity index (χ2n) is 6.55. The van der Waals surface area contributed by atoms with Crippen molar-refractivity contribution in [2.75, 3.05) is 6.61 Å². The first-order chi connectivity index (χ1) is 12.8. The second kappa shape index (κ2) is 6.45. The molecule has 1 atom stereocenters. The third-order valence-corrected chi connectivity index (χ3v) is 5.30. The van der Waals surface area contributed by atoms with E-state index in [9.17, 15) is 0 Å². The van der Waals surface area contributed by atoms with Crippen molar-refractivity contribution in [2.24, 2.45) is 0 Å². The highest BCUT2D eigenvalue weighted by molar-refractivity contribution is 9.10. The lowest BCUT2D eigenvalue weighted by Gasteiger charge is -2.13. The van der Waals surface area contributed by atoms with Gasteiger partial charge in [-0.05, 0) is 37.1 Å². The fourth-order valence-corrected chi connectivity index (χ4v) is 3.75. The molecule has 1 aliphatic rings. The summed E-state index contributed by atoms with van der Waals surface area (Å²) >= 11 is 3.50. The molecule has 26 heavy (non-hydrogen) atoms. The Morgan fingerprint density at radius 3 is 2.50 bits per heavy atom. The summed E-state index contributed by atoms with van der Waals surface area (Å²) in [6.07, 6.45) is 2.38. The molecule has 0 N–H and O–H groups in total. The molecule has 1 aliphatic heterocycles. The average Bonchev–Trinajstić information content (AvgIpc) is 3.29. The van der Waals surface area contributed by atoms with E-state index in [0.717, 1.165) is 58.5 Å². The molecule has 6 heteroatoms. The molecule has 0 bridgehead atoms. The normalized spacial score (nSPS) is 17.3. The Balaban J connectivity index is 1.72. The number of aromatic nitrogens is 4. The first-order valence-corrected chi connectivity index (χ1v) is 9.58. The summed E-state index contributed by atoms with van der Waals surface area (Å²) in [6, 6.07) is 16.1. The number of imidazole rings is 1. The largest absolute Gasteiger partial charge is 0.376 e. The summed E-state index contributed by atoms with van der Waals surface area (Å²) in [4.78, 5) is 14.4. The van der Waals surface area contributed by atoms with Crippen LogP contribution in [0.2, 0.25) is 0 Å². The second-order valence-corrected chi connectivity index (χ2v) is 7.46. The Hall–Kier alpha value is -2.31. The zero-order chi connectivity index (χ0) is 17.5. The van der Waals surface area contributed by atoms with Crippen molar-refractivity contribution >= 4 is 38.3 Å². The van der Waals surface area contributed by atoms with Gasteiger partial charge in [0.15, 0.2) is 11.3 Å². The van der Waals surface area contributed by atoms with E-state index < -0.39 is 0 Å². The van der Waals surface area contributed by atoms with Crippen molar-refractivity contribution in [3.8, 4) is 11.4 Å². The van der Waals surface area contributed by atoms with Gasteiger partial charge in [-0.2, -0.15) is 0 Å². The van der Waals surface area contributed by atoms with Crippen LogP contribution in [-0.2, 0) is 11.3 Å². The van der Waals surface area contributed by atoms with E-state index in [0.29, 0.717) is 5.65 Å². The van der Waals surface area contributed by atoms with Crippen LogP contribution in [0.1, 0.15) is 12.8 Å². The molecule has 130 valence electrons. The summed E-state index contributed by atoms with van der Waals surface area (Å²) < 4.78 is 9.08. The van der Waals surface area contributed by atoms with Crippen LogP contribution in [0.15, 0.2) is 53.0 Å². The molecule has 4 aromatic rings. The average molecular weight is 409 g/mol. The molecule has 0 spiro atoms. The molecular weight excluding hydrogens is 392 g/mol. The van der Waals surface area contributed by atoms with E-state index in [1.54, 1.807) is 0 Å². The predicted octanol–water partition coefficient (Wildman–Crippen LogP) is 4.59. The van der Waals surface area contributed by atoms with Gasteiger partial charge in [0.25, 0.3) is 0 Å². The zero-order valence-corrected chi connectivity index (χ0v) is 15.7. The Morgan fingerprint density at radius 1 is 1.00 bits per heavy atom. The molecule has 0 aliphatic carbocycles. The van der Waals surface area contributed by atoms with Crippen molar-refractivity contribution in [3.63, 3.8) is 0 Å². The van der Waals surface area contributed by atoms with Crippen LogP contribution in [0.3, 0.4) is 0 Å². The Bertz CT molecular complexity index is 1080. The minimum Gasteiger partial charge on any atom is -0.376 e. The third-order valence-electron chi connectivity index (χ3n) is 4.77. The quantitative estimate of drug-likeness (QED) is 0.497. The third kappa shape index (κ3) is 2.79. The monoisotopic (exact) mass is 408 g/mol. The van der Waals surface area contributed by atoms with E-state index in [1.807, 2.05) is 36.4 Å². The van der Waals surface area contributed by atoms with Crippen molar-refractivity contribution in [1.29, 1.82) is 0 Å². The smallest absolute Gasteiger partial charge is 0.198 e. The fraction of sp³-hybridized carbons (Fsp3) is 0.250. The van der Waals surface area contributed by atoms with Gasteiger partial charge in [0.1, 0.15) is 5.82 Å². The highest BCUT2D eigenvalue weighted by Gasteiger charge is 2.22. The zero-order valence-electron chi connectivity index (χ0n) is 14.1. The lowest BCUT2D eigenvalue weighted by Crippen LogP contribution is -2.16. The molecule has 1 fully saturated rings. The highest BCUT2D eigenvalue weighted by Crippen LogP contribution is 2.27. The standard InChI is InChI=1S/C20H17BrN4O/c21-14-9-7-13(8-10-14)19-24-18-20(25(19)12-15-4-3-11-26-15)23-17-6-2-1-5-16(17)22-18/h1-2,5-10,15H,3-4,11-12H2. The minimum absolute atomic E-state index is 0.204. The first-order valence-electron chi connectivity index (χ1n) is 8.78. The van der Waals surface area contributed by atoms with Gasteiger partial charge < -0.3 is 9.30 Å². The van der Waals surface area contributed by atoms with Crippen molar-refractivity contribution in [2.45, 2.75) is 25.5 Å². The number of rotatable bonds is 3. The predicted molar refractivity (Wildman–Crippen MR) is 105 cm³/mol.